The van der Waals surface area contributed by atoms with Crippen LogP contribution in [0.15, 0.2) is 0 Å². The fourth-order valence-electron chi connectivity index (χ4n) is 2.24. The van der Waals surface area contributed by atoms with Crippen molar-refractivity contribution >= 4 is 21.8 Å². The van der Waals surface area contributed by atoms with E-state index in [1.165, 1.54) is 0 Å². The molecule has 1 N–H and O–H groups in total. The predicted octanol–water partition coefficient (Wildman–Crippen LogP) is 4.03. The monoisotopic (exact) mass is 343 g/mol. The minimum atomic E-state index is -4.18. The van der Waals surface area contributed by atoms with Gasteiger partial charge >= 0.3 is 6.18 Å². The Labute approximate surface area is 120 Å². The third-order valence-electron chi connectivity index (χ3n) is 3.95. The Balaban J connectivity index is 2.63. The van der Waals surface area contributed by atoms with Gasteiger partial charge in [0.15, 0.2) is 0 Å². The highest BCUT2D eigenvalue weighted by Gasteiger charge is 2.44. The molecule has 1 rings (SSSR count). The minimum absolute atomic E-state index is 0.0472. The normalized spacial score (nSPS) is 26.9. The molecule has 6 heteroatoms. The topological polar surface area (TPSA) is 29.1 Å². The van der Waals surface area contributed by atoms with Gasteiger partial charge in [0.1, 0.15) is 0 Å². The molecular formula is C13H21BrF3NO. The minimum Gasteiger partial charge on any atom is -0.350 e. The molecule has 0 aromatic heterocycles. The van der Waals surface area contributed by atoms with Crippen LogP contribution in [0.2, 0.25) is 0 Å². The van der Waals surface area contributed by atoms with E-state index in [0.29, 0.717) is 12.8 Å². The van der Waals surface area contributed by atoms with Gasteiger partial charge in [0, 0.05) is 16.3 Å². The Morgan fingerprint density at radius 1 is 1.32 bits per heavy atom. The van der Waals surface area contributed by atoms with E-state index in [0.717, 1.165) is 0 Å². The Bertz CT molecular complexity index is 328. The zero-order valence-electron chi connectivity index (χ0n) is 11.5. The molecule has 2 nitrogen and oxygen atoms in total. The molecule has 0 spiro atoms. The van der Waals surface area contributed by atoms with Crippen LogP contribution in [0, 0.1) is 11.8 Å². The van der Waals surface area contributed by atoms with Crippen LogP contribution in [0.3, 0.4) is 0 Å². The number of hydrogen-bond donors (Lipinski definition) is 1. The SMILES string of the molecule is CC(Br)C(C)(C)NC(=O)C1CCCC(C(F)(F)F)C1. The number of halogens is 4. The van der Waals surface area contributed by atoms with Gasteiger partial charge in [0.05, 0.1) is 5.92 Å². The third kappa shape index (κ3) is 4.65. The van der Waals surface area contributed by atoms with Crippen LogP contribution in [-0.2, 0) is 4.79 Å². The maximum Gasteiger partial charge on any atom is 0.391 e. The molecule has 0 aromatic carbocycles. The molecule has 1 fully saturated rings. The van der Waals surface area contributed by atoms with Gasteiger partial charge in [0.25, 0.3) is 0 Å². The van der Waals surface area contributed by atoms with Gasteiger partial charge in [-0.05, 0) is 33.1 Å². The summed E-state index contributed by atoms with van der Waals surface area (Å²) < 4.78 is 38.1. The van der Waals surface area contributed by atoms with Crippen molar-refractivity contribution in [2.45, 2.75) is 63.0 Å². The predicted molar refractivity (Wildman–Crippen MR) is 72.1 cm³/mol. The van der Waals surface area contributed by atoms with Gasteiger partial charge in [-0.3, -0.25) is 4.79 Å². The van der Waals surface area contributed by atoms with Crippen LogP contribution < -0.4 is 5.32 Å². The first-order chi connectivity index (χ1) is 8.54. The summed E-state index contributed by atoms with van der Waals surface area (Å²) in [6.45, 7) is 5.61. The summed E-state index contributed by atoms with van der Waals surface area (Å²) >= 11 is 3.40. The number of carbonyl (C=O) groups excluding carboxylic acids is 1. The van der Waals surface area contributed by atoms with Crippen LogP contribution in [-0.4, -0.2) is 22.4 Å². The maximum absolute atomic E-state index is 12.7. The summed E-state index contributed by atoms with van der Waals surface area (Å²) in [7, 11) is 0. The summed E-state index contributed by atoms with van der Waals surface area (Å²) in [6.07, 6.45) is -3.11. The summed E-state index contributed by atoms with van der Waals surface area (Å²) in [5, 5.41) is 2.84. The Hall–Kier alpha value is -0.260. The number of alkyl halides is 4. The molecule has 1 aliphatic rings. The summed E-state index contributed by atoms with van der Waals surface area (Å²) in [5.74, 6) is -2.11. The number of rotatable bonds is 3. The standard InChI is InChI=1S/C13H21BrF3NO/c1-8(14)12(2,3)18-11(19)9-5-4-6-10(7-9)13(15,16)17/h8-10H,4-7H2,1-3H3,(H,18,19). The number of hydrogen-bond acceptors (Lipinski definition) is 1. The van der Waals surface area contributed by atoms with Gasteiger partial charge in [0.2, 0.25) is 5.91 Å². The third-order valence-corrected chi connectivity index (χ3v) is 5.09. The molecule has 3 atom stereocenters. The second kappa shape index (κ2) is 6.02. The molecule has 0 aliphatic heterocycles. The molecule has 3 unspecified atom stereocenters. The fourth-order valence-corrected chi connectivity index (χ4v) is 2.36. The van der Waals surface area contributed by atoms with Crippen molar-refractivity contribution in [2.24, 2.45) is 11.8 Å². The van der Waals surface area contributed by atoms with Crippen LogP contribution in [0.5, 0.6) is 0 Å². The molecule has 0 saturated heterocycles. The van der Waals surface area contributed by atoms with Crippen molar-refractivity contribution in [3.05, 3.63) is 0 Å². The molecule has 0 heterocycles. The van der Waals surface area contributed by atoms with E-state index in [1.54, 1.807) is 0 Å². The maximum atomic E-state index is 12.7. The van der Waals surface area contributed by atoms with E-state index < -0.39 is 23.6 Å². The van der Waals surface area contributed by atoms with Crippen molar-refractivity contribution in [3.63, 3.8) is 0 Å². The van der Waals surface area contributed by atoms with E-state index in [9.17, 15) is 18.0 Å². The van der Waals surface area contributed by atoms with Crippen LogP contribution in [0.4, 0.5) is 13.2 Å². The van der Waals surface area contributed by atoms with Gasteiger partial charge in [-0.2, -0.15) is 13.2 Å². The summed E-state index contributed by atoms with van der Waals surface area (Å²) in [4.78, 5) is 12.1. The van der Waals surface area contributed by atoms with Crippen molar-refractivity contribution < 1.29 is 18.0 Å². The summed E-state index contributed by atoms with van der Waals surface area (Å²) in [6, 6.07) is 0. The van der Waals surface area contributed by atoms with Gasteiger partial charge in [-0.25, -0.2) is 0 Å². The molecule has 0 bridgehead atoms. The Morgan fingerprint density at radius 3 is 2.37 bits per heavy atom. The Morgan fingerprint density at radius 2 is 1.89 bits per heavy atom. The highest BCUT2D eigenvalue weighted by atomic mass is 79.9. The lowest BCUT2D eigenvalue weighted by Crippen LogP contribution is -2.51. The second-order valence-corrected chi connectivity index (χ2v) is 7.30. The van der Waals surface area contributed by atoms with Gasteiger partial charge < -0.3 is 5.32 Å². The van der Waals surface area contributed by atoms with Crippen molar-refractivity contribution in [3.8, 4) is 0 Å². The molecule has 112 valence electrons. The zero-order valence-corrected chi connectivity index (χ0v) is 13.1. The number of amides is 1. The Kier molecular flexibility index (Phi) is 5.32. The second-order valence-electron chi connectivity index (χ2n) is 5.93. The van der Waals surface area contributed by atoms with E-state index in [1.807, 2.05) is 20.8 Å². The van der Waals surface area contributed by atoms with Gasteiger partial charge in [-0.15, -0.1) is 0 Å². The molecule has 1 aliphatic carbocycles. The first kappa shape index (κ1) is 16.8. The molecule has 1 amide bonds. The lowest BCUT2D eigenvalue weighted by Gasteiger charge is -2.34. The smallest absolute Gasteiger partial charge is 0.350 e. The molecular weight excluding hydrogens is 323 g/mol. The highest BCUT2D eigenvalue weighted by molar-refractivity contribution is 9.09. The van der Waals surface area contributed by atoms with E-state index in [4.69, 9.17) is 0 Å². The van der Waals surface area contributed by atoms with Crippen LogP contribution in [0.25, 0.3) is 0 Å². The van der Waals surface area contributed by atoms with E-state index >= 15 is 0 Å². The number of nitrogens with one attached hydrogen (secondary N) is 1. The van der Waals surface area contributed by atoms with Crippen molar-refractivity contribution in [1.29, 1.82) is 0 Å². The summed E-state index contributed by atoms with van der Waals surface area (Å²) in [5.41, 5.74) is -0.470. The van der Waals surface area contributed by atoms with Crippen molar-refractivity contribution in [2.75, 3.05) is 0 Å². The lowest BCUT2D eigenvalue weighted by molar-refractivity contribution is -0.186. The number of carbonyl (C=O) groups is 1. The molecule has 0 radical (unpaired) electrons. The fraction of sp³-hybridized carbons (Fsp3) is 0.923. The first-order valence-electron chi connectivity index (χ1n) is 6.57. The first-order valence-corrected chi connectivity index (χ1v) is 7.48. The average Bonchev–Trinajstić information content (AvgIpc) is 2.27. The zero-order chi connectivity index (χ0) is 14.8. The highest BCUT2D eigenvalue weighted by Crippen LogP contribution is 2.40. The largest absolute Gasteiger partial charge is 0.391 e. The van der Waals surface area contributed by atoms with E-state index in [-0.39, 0.29) is 23.6 Å². The van der Waals surface area contributed by atoms with Crippen LogP contribution in [0.1, 0.15) is 46.5 Å². The van der Waals surface area contributed by atoms with E-state index in [2.05, 4.69) is 21.2 Å². The van der Waals surface area contributed by atoms with Gasteiger partial charge in [-0.1, -0.05) is 29.3 Å². The molecule has 1 saturated carbocycles. The average molecular weight is 344 g/mol. The molecule has 19 heavy (non-hydrogen) atoms. The van der Waals surface area contributed by atoms with Crippen molar-refractivity contribution in [1.82, 2.24) is 5.32 Å². The molecule has 0 aromatic rings. The lowest BCUT2D eigenvalue weighted by atomic mass is 9.80. The quantitative estimate of drug-likeness (QED) is 0.770. The van der Waals surface area contributed by atoms with Crippen LogP contribution >= 0.6 is 15.9 Å².